The molecule has 2 unspecified atom stereocenters. The van der Waals surface area contributed by atoms with Crippen molar-refractivity contribution in [3.8, 4) is 0 Å². The largest absolute Gasteiger partial charge is 0.375 e. The van der Waals surface area contributed by atoms with Crippen LogP contribution in [0.5, 0.6) is 0 Å². The van der Waals surface area contributed by atoms with E-state index in [1.54, 1.807) is 11.3 Å². The Bertz CT molecular complexity index is 434. The molecule has 19 heavy (non-hydrogen) atoms. The lowest BCUT2D eigenvalue weighted by molar-refractivity contribution is -0.122. The average molecular weight is 282 g/mol. The average Bonchev–Trinajstić information content (AvgIpc) is 2.78. The number of nitrogen functional groups attached to an aromatic ring is 1. The van der Waals surface area contributed by atoms with Crippen molar-refractivity contribution in [3.05, 3.63) is 11.1 Å². The fourth-order valence-electron chi connectivity index (χ4n) is 2.51. The SMILES string of the molecule is CCC(=O)NC1CCN(Cc2cnc(N)s2)CC1C. The van der Waals surface area contributed by atoms with Gasteiger partial charge in [0.25, 0.3) is 0 Å². The van der Waals surface area contributed by atoms with Gasteiger partial charge in [0.15, 0.2) is 5.13 Å². The number of nitrogens with one attached hydrogen (secondary N) is 1. The molecule has 106 valence electrons. The van der Waals surface area contributed by atoms with Crippen LogP contribution >= 0.6 is 11.3 Å². The highest BCUT2D eigenvalue weighted by Crippen LogP contribution is 2.22. The van der Waals surface area contributed by atoms with Gasteiger partial charge in [-0.2, -0.15) is 0 Å². The van der Waals surface area contributed by atoms with Gasteiger partial charge in [-0.25, -0.2) is 4.98 Å². The Kier molecular flexibility index (Phi) is 4.76. The van der Waals surface area contributed by atoms with Gasteiger partial charge in [0.1, 0.15) is 0 Å². The van der Waals surface area contributed by atoms with Gasteiger partial charge in [-0.15, -0.1) is 11.3 Å². The van der Waals surface area contributed by atoms with Gasteiger partial charge < -0.3 is 11.1 Å². The Balaban J connectivity index is 1.84. The molecule has 1 aromatic heterocycles. The molecule has 1 amide bonds. The Labute approximate surface area is 118 Å². The van der Waals surface area contributed by atoms with Gasteiger partial charge in [0, 0.05) is 43.2 Å². The van der Waals surface area contributed by atoms with E-state index in [0.717, 1.165) is 26.1 Å². The molecule has 0 spiro atoms. The maximum absolute atomic E-state index is 11.5. The monoisotopic (exact) mass is 282 g/mol. The van der Waals surface area contributed by atoms with Crippen molar-refractivity contribution in [1.82, 2.24) is 15.2 Å². The molecule has 3 N–H and O–H groups in total. The molecule has 2 heterocycles. The number of anilines is 1. The maximum Gasteiger partial charge on any atom is 0.219 e. The normalized spacial score (nSPS) is 24.3. The number of rotatable bonds is 4. The molecule has 1 fully saturated rings. The Morgan fingerprint density at radius 3 is 3.05 bits per heavy atom. The highest BCUT2D eigenvalue weighted by atomic mass is 32.1. The van der Waals surface area contributed by atoms with Crippen LogP contribution in [0, 0.1) is 5.92 Å². The summed E-state index contributed by atoms with van der Waals surface area (Å²) in [5, 5.41) is 3.74. The Morgan fingerprint density at radius 2 is 2.47 bits per heavy atom. The number of amides is 1. The molecule has 1 aliphatic heterocycles. The summed E-state index contributed by atoms with van der Waals surface area (Å²) in [6.07, 6.45) is 3.43. The number of hydrogen-bond acceptors (Lipinski definition) is 5. The molecule has 5 nitrogen and oxygen atoms in total. The van der Waals surface area contributed by atoms with Crippen LogP contribution in [-0.2, 0) is 11.3 Å². The van der Waals surface area contributed by atoms with Crippen molar-refractivity contribution in [2.75, 3.05) is 18.8 Å². The molecule has 0 aliphatic carbocycles. The lowest BCUT2D eigenvalue weighted by atomic mass is 9.93. The second-order valence-corrected chi connectivity index (χ2v) is 6.34. The molecular weight excluding hydrogens is 260 g/mol. The fraction of sp³-hybridized carbons (Fsp3) is 0.692. The summed E-state index contributed by atoms with van der Waals surface area (Å²) in [6.45, 7) is 7.02. The highest BCUT2D eigenvalue weighted by molar-refractivity contribution is 7.15. The third-order valence-corrected chi connectivity index (χ3v) is 4.42. The van der Waals surface area contributed by atoms with Crippen LogP contribution in [0.3, 0.4) is 0 Å². The minimum Gasteiger partial charge on any atom is -0.375 e. The minimum absolute atomic E-state index is 0.153. The van der Waals surface area contributed by atoms with E-state index in [4.69, 9.17) is 5.73 Å². The van der Waals surface area contributed by atoms with Gasteiger partial charge in [-0.1, -0.05) is 13.8 Å². The molecule has 0 radical (unpaired) electrons. The second-order valence-electron chi connectivity index (χ2n) is 5.19. The summed E-state index contributed by atoms with van der Waals surface area (Å²) in [7, 11) is 0. The number of aromatic nitrogens is 1. The predicted molar refractivity (Wildman–Crippen MR) is 77.8 cm³/mol. The van der Waals surface area contributed by atoms with Crippen molar-refractivity contribution in [2.24, 2.45) is 5.92 Å². The molecule has 1 aromatic rings. The van der Waals surface area contributed by atoms with E-state index < -0.39 is 0 Å². The number of nitrogens with two attached hydrogens (primary N) is 1. The zero-order valence-electron chi connectivity index (χ0n) is 11.6. The fourth-order valence-corrected chi connectivity index (χ4v) is 3.24. The number of likely N-dealkylation sites (tertiary alicyclic amines) is 1. The van der Waals surface area contributed by atoms with Crippen molar-refractivity contribution in [1.29, 1.82) is 0 Å². The van der Waals surface area contributed by atoms with Crippen LogP contribution in [0.25, 0.3) is 0 Å². The number of carbonyl (C=O) groups excluding carboxylic acids is 1. The van der Waals surface area contributed by atoms with E-state index in [0.29, 0.717) is 23.5 Å². The van der Waals surface area contributed by atoms with Crippen molar-refractivity contribution >= 4 is 22.4 Å². The summed E-state index contributed by atoms with van der Waals surface area (Å²) >= 11 is 1.55. The third kappa shape index (κ3) is 3.91. The van der Waals surface area contributed by atoms with E-state index >= 15 is 0 Å². The molecule has 0 aromatic carbocycles. The van der Waals surface area contributed by atoms with E-state index in [1.807, 2.05) is 13.1 Å². The molecule has 2 atom stereocenters. The van der Waals surface area contributed by atoms with E-state index in [2.05, 4.69) is 22.1 Å². The summed E-state index contributed by atoms with van der Waals surface area (Å²) in [4.78, 5) is 19.2. The summed E-state index contributed by atoms with van der Waals surface area (Å²) in [5.41, 5.74) is 5.64. The van der Waals surface area contributed by atoms with Crippen LogP contribution in [0.1, 0.15) is 31.6 Å². The van der Waals surface area contributed by atoms with E-state index in [9.17, 15) is 4.79 Å². The maximum atomic E-state index is 11.5. The van der Waals surface area contributed by atoms with Crippen LogP contribution in [0.2, 0.25) is 0 Å². The predicted octanol–water partition coefficient (Wildman–Crippen LogP) is 1.46. The first-order valence-corrected chi connectivity index (χ1v) is 7.62. The highest BCUT2D eigenvalue weighted by Gasteiger charge is 2.27. The number of carbonyl (C=O) groups is 1. The summed E-state index contributed by atoms with van der Waals surface area (Å²) in [5.74, 6) is 0.634. The van der Waals surface area contributed by atoms with Crippen molar-refractivity contribution < 1.29 is 4.79 Å². The third-order valence-electron chi connectivity index (χ3n) is 3.61. The van der Waals surface area contributed by atoms with Crippen LogP contribution in [-0.4, -0.2) is 34.9 Å². The van der Waals surface area contributed by atoms with Gasteiger partial charge in [0.05, 0.1) is 0 Å². The molecule has 1 aliphatic rings. The molecule has 0 bridgehead atoms. The van der Waals surface area contributed by atoms with E-state index in [1.165, 1.54) is 4.88 Å². The summed E-state index contributed by atoms with van der Waals surface area (Å²) in [6, 6.07) is 0.315. The molecule has 2 rings (SSSR count). The van der Waals surface area contributed by atoms with Crippen molar-refractivity contribution in [3.63, 3.8) is 0 Å². The lowest BCUT2D eigenvalue weighted by Crippen LogP contribution is -2.49. The first-order valence-electron chi connectivity index (χ1n) is 6.80. The van der Waals surface area contributed by atoms with Crippen molar-refractivity contribution in [2.45, 2.75) is 39.3 Å². The van der Waals surface area contributed by atoms with Gasteiger partial charge in [-0.05, 0) is 12.3 Å². The molecule has 6 heteroatoms. The van der Waals surface area contributed by atoms with Gasteiger partial charge in [-0.3, -0.25) is 9.69 Å². The van der Waals surface area contributed by atoms with Gasteiger partial charge in [0.2, 0.25) is 5.91 Å². The molecule has 1 saturated heterocycles. The van der Waals surface area contributed by atoms with Crippen LogP contribution in [0.15, 0.2) is 6.20 Å². The zero-order valence-corrected chi connectivity index (χ0v) is 12.4. The topological polar surface area (TPSA) is 71.2 Å². The smallest absolute Gasteiger partial charge is 0.219 e. The number of hydrogen-bond donors (Lipinski definition) is 2. The first kappa shape index (κ1) is 14.3. The van der Waals surface area contributed by atoms with E-state index in [-0.39, 0.29) is 5.91 Å². The quantitative estimate of drug-likeness (QED) is 0.877. The second kappa shape index (κ2) is 6.34. The minimum atomic E-state index is 0.153. The number of nitrogens with zero attached hydrogens (tertiary/aromatic N) is 2. The lowest BCUT2D eigenvalue weighted by Gasteiger charge is -2.37. The summed E-state index contributed by atoms with van der Waals surface area (Å²) < 4.78 is 0. The molecule has 0 saturated carbocycles. The Morgan fingerprint density at radius 1 is 1.68 bits per heavy atom. The number of thiazole rings is 1. The zero-order chi connectivity index (χ0) is 13.8. The first-order chi connectivity index (χ1) is 9.08. The standard InChI is InChI=1S/C13H22N4OS/c1-3-12(18)16-11-4-5-17(7-9(11)2)8-10-6-15-13(14)19-10/h6,9,11H,3-5,7-8H2,1-2H3,(H2,14,15)(H,16,18). The molecular formula is C13H22N4OS. The number of piperidine rings is 1. The van der Waals surface area contributed by atoms with Crippen LogP contribution < -0.4 is 11.1 Å². The van der Waals surface area contributed by atoms with Crippen LogP contribution in [0.4, 0.5) is 5.13 Å². The van der Waals surface area contributed by atoms with Gasteiger partial charge >= 0.3 is 0 Å². The Hall–Kier alpha value is -1.14.